The summed E-state index contributed by atoms with van der Waals surface area (Å²) in [4.78, 5) is 0.426. The molecule has 0 aliphatic heterocycles. The van der Waals surface area contributed by atoms with E-state index in [0.717, 1.165) is 24.1 Å². The molecule has 2 atom stereocenters. The van der Waals surface area contributed by atoms with Crippen LogP contribution in [0.5, 0.6) is 0 Å². The fourth-order valence-corrected chi connectivity index (χ4v) is 3.42. The van der Waals surface area contributed by atoms with Gasteiger partial charge in [0.05, 0.1) is 10.6 Å². The molecule has 1 aliphatic rings. The van der Waals surface area contributed by atoms with Crippen LogP contribution >= 0.6 is 0 Å². The van der Waals surface area contributed by atoms with E-state index < -0.39 is 9.84 Å². The van der Waals surface area contributed by atoms with Gasteiger partial charge in [0.1, 0.15) is 0 Å². The van der Waals surface area contributed by atoms with Crippen LogP contribution in [0.4, 0.5) is 5.69 Å². The minimum atomic E-state index is -3.08. The van der Waals surface area contributed by atoms with E-state index in [1.165, 1.54) is 6.42 Å². The maximum Gasteiger partial charge on any atom is 0.178 e. The van der Waals surface area contributed by atoms with Gasteiger partial charge in [-0.2, -0.15) is 0 Å². The average molecular weight is 267 g/mol. The van der Waals surface area contributed by atoms with Crippen LogP contribution in [0.25, 0.3) is 0 Å². The van der Waals surface area contributed by atoms with Gasteiger partial charge in [0.2, 0.25) is 0 Å². The van der Waals surface area contributed by atoms with Crippen molar-refractivity contribution in [1.82, 2.24) is 0 Å². The zero-order valence-corrected chi connectivity index (χ0v) is 11.8. The molecule has 1 aliphatic carbocycles. The Morgan fingerprint density at radius 3 is 2.39 bits per heavy atom. The van der Waals surface area contributed by atoms with Crippen molar-refractivity contribution in [3.63, 3.8) is 0 Å². The normalized spacial score (nSPS) is 22.8. The van der Waals surface area contributed by atoms with Crippen LogP contribution in [0.15, 0.2) is 29.2 Å². The first-order chi connectivity index (χ1) is 8.53. The van der Waals surface area contributed by atoms with Crippen molar-refractivity contribution in [3.8, 4) is 0 Å². The minimum Gasteiger partial charge on any atom is -0.385 e. The molecule has 18 heavy (non-hydrogen) atoms. The van der Waals surface area contributed by atoms with E-state index in [4.69, 9.17) is 0 Å². The summed E-state index contributed by atoms with van der Waals surface area (Å²) in [6, 6.07) is 7.11. The average Bonchev–Trinajstić information content (AvgIpc) is 3.03. The van der Waals surface area contributed by atoms with Crippen LogP contribution in [0.1, 0.15) is 26.7 Å². The molecule has 2 unspecified atom stereocenters. The van der Waals surface area contributed by atoms with Crippen LogP contribution in [0.2, 0.25) is 0 Å². The minimum absolute atomic E-state index is 0.222. The molecule has 0 radical (unpaired) electrons. The van der Waals surface area contributed by atoms with E-state index in [1.807, 2.05) is 19.1 Å². The Morgan fingerprint density at radius 2 is 1.89 bits per heavy atom. The third-order valence-corrected chi connectivity index (χ3v) is 5.47. The molecule has 0 bridgehead atoms. The van der Waals surface area contributed by atoms with Crippen LogP contribution in [0, 0.1) is 11.8 Å². The lowest BCUT2D eigenvalue weighted by molar-refractivity contribution is 0.595. The molecule has 0 amide bonds. The molecule has 0 heterocycles. The lowest BCUT2D eigenvalue weighted by Gasteiger charge is -2.07. The molecule has 1 aromatic carbocycles. The zero-order chi connectivity index (χ0) is 13.2. The number of anilines is 1. The first-order valence-corrected chi connectivity index (χ1v) is 8.25. The highest BCUT2D eigenvalue weighted by molar-refractivity contribution is 7.91. The van der Waals surface area contributed by atoms with Crippen molar-refractivity contribution in [1.29, 1.82) is 0 Å². The number of hydrogen-bond acceptors (Lipinski definition) is 3. The molecule has 0 saturated heterocycles. The molecular formula is C14H21NO2S. The molecule has 2 rings (SSSR count). The molecule has 0 aromatic heterocycles. The number of nitrogens with one attached hydrogen (secondary N) is 1. The fraction of sp³-hybridized carbons (Fsp3) is 0.571. The highest BCUT2D eigenvalue weighted by atomic mass is 32.2. The molecule has 1 fully saturated rings. The van der Waals surface area contributed by atoms with Crippen molar-refractivity contribution in [3.05, 3.63) is 24.3 Å². The maximum atomic E-state index is 11.8. The third-order valence-electron chi connectivity index (χ3n) is 3.53. The van der Waals surface area contributed by atoms with Crippen LogP contribution < -0.4 is 5.32 Å². The summed E-state index contributed by atoms with van der Waals surface area (Å²) in [6.45, 7) is 5.12. The Balaban J connectivity index is 1.96. The molecule has 1 aromatic rings. The second-order valence-electron chi connectivity index (χ2n) is 5.20. The molecule has 1 N–H and O–H groups in total. The smallest absolute Gasteiger partial charge is 0.178 e. The highest BCUT2D eigenvalue weighted by Gasteiger charge is 2.31. The lowest BCUT2D eigenvalue weighted by atomic mass is 10.3. The molecule has 1 saturated carbocycles. The van der Waals surface area contributed by atoms with Gasteiger partial charge in [-0.15, -0.1) is 0 Å². The molecule has 3 nitrogen and oxygen atoms in total. The van der Waals surface area contributed by atoms with E-state index >= 15 is 0 Å². The highest BCUT2D eigenvalue weighted by Crippen LogP contribution is 2.37. The SMILES string of the molecule is CCCS(=O)(=O)c1ccc(NCC2CC2C)cc1. The fourth-order valence-electron chi connectivity index (χ4n) is 2.10. The summed E-state index contributed by atoms with van der Waals surface area (Å²) < 4.78 is 23.7. The first-order valence-electron chi connectivity index (χ1n) is 6.59. The van der Waals surface area contributed by atoms with Crippen LogP contribution in [-0.4, -0.2) is 20.7 Å². The van der Waals surface area contributed by atoms with Gasteiger partial charge in [-0.25, -0.2) is 8.42 Å². The standard InChI is InChI=1S/C14H21NO2S/c1-3-8-18(16,17)14-6-4-13(5-7-14)15-10-12-9-11(12)2/h4-7,11-12,15H,3,8-10H2,1-2H3. The lowest BCUT2D eigenvalue weighted by Crippen LogP contribution is -2.07. The molecule has 0 spiro atoms. The third kappa shape index (κ3) is 3.25. The second kappa shape index (κ2) is 5.31. The van der Waals surface area contributed by atoms with E-state index in [1.54, 1.807) is 12.1 Å². The van der Waals surface area contributed by atoms with Crippen molar-refractivity contribution in [2.45, 2.75) is 31.6 Å². The number of sulfone groups is 1. The predicted octanol–water partition coefficient (Wildman–Crippen LogP) is 2.94. The van der Waals surface area contributed by atoms with E-state index in [2.05, 4.69) is 12.2 Å². The van der Waals surface area contributed by atoms with Gasteiger partial charge >= 0.3 is 0 Å². The second-order valence-corrected chi connectivity index (χ2v) is 7.31. The van der Waals surface area contributed by atoms with Gasteiger partial charge in [-0.1, -0.05) is 13.8 Å². The first kappa shape index (κ1) is 13.4. The van der Waals surface area contributed by atoms with Gasteiger partial charge in [-0.3, -0.25) is 0 Å². The van der Waals surface area contributed by atoms with E-state index in [0.29, 0.717) is 11.3 Å². The zero-order valence-electron chi connectivity index (χ0n) is 11.0. The number of rotatable bonds is 6. The molecular weight excluding hydrogens is 246 g/mol. The largest absolute Gasteiger partial charge is 0.385 e. The summed E-state index contributed by atoms with van der Waals surface area (Å²) in [6.07, 6.45) is 1.96. The Hall–Kier alpha value is -1.03. The van der Waals surface area contributed by atoms with Crippen molar-refractivity contribution < 1.29 is 8.42 Å². The van der Waals surface area contributed by atoms with Crippen molar-refractivity contribution in [2.75, 3.05) is 17.6 Å². The topological polar surface area (TPSA) is 46.2 Å². The number of hydrogen-bond donors (Lipinski definition) is 1. The van der Waals surface area contributed by atoms with Crippen LogP contribution in [-0.2, 0) is 9.84 Å². The van der Waals surface area contributed by atoms with Gasteiger partial charge in [-0.05, 0) is 48.9 Å². The van der Waals surface area contributed by atoms with E-state index in [-0.39, 0.29) is 5.75 Å². The maximum absolute atomic E-state index is 11.8. The van der Waals surface area contributed by atoms with Gasteiger partial charge in [0, 0.05) is 12.2 Å². The summed E-state index contributed by atoms with van der Waals surface area (Å²) in [5, 5.41) is 3.35. The molecule has 100 valence electrons. The summed E-state index contributed by atoms with van der Waals surface area (Å²) in [5.74, 6) is 1.84. The quantitative estimate of drug-likeness (QED) is 0.862. The van der Waals surface area contributed by atoms with Gasteiger partial charge in [0.25, 0.3) is 0 Å². The van der Waals surface area contributed by atoms with Gasteiger partial charge in [0.15, 0.2) is 9.84 Å². The Labute approximate surface area is 110 Å². The van der Waals surface area contributed by atoms with E-state index in [9.17, 15) is 8.42 Å². The summed E-state index contributed by atoms with van der Waals surface area (Å²) in [5.41, 5.74) is 1.00. The Kier molecular flexibility index (Phi) is 3.95. The predicted molar refractivity (Wildman–Crippen MR) is 74.5 cm³/mol. The van der Waals surface area contributed by atoms with Crippen LogP contribution in [0.3, 0.4) is 0 Å². The van der Waals surface area contributed by atoms with Crippen molar-refractivity contribution >= 4 is 15.5 Å². The van der Waals surface area contributed by atoms with Crippen molar-refractivity contribution in [2.24, 2.45) is 11.8 Å². The number of benzene rings is 1. The monoisotopic (exact) mass is 267 g/mol. The molecule has 4 heteroatoms. The summed E-state index contributed by atoms with van der Waals surface area (Å²) in [7, 11) is -3.08. The Morgan fingerprint density at radius 1 is 1.28 bits per heavy atom. The summed E-state index contributed by atoms with van der Waals surface area (Å²) >= 11 is 0. The van der Waals surface area contributed by atoms with Gasteiger partial charge < -0.3 is 5.32 Å². The Bertz CT molecular complexity index is 493.